The van der Waals surface area contributed by atoms with Crippen LogP contribution in [0, 0.1) is 0 Å². The zero-order valence-corrected chi connectivity index (χ0v) is 27.2. The lowest BCUT2D eigenvalue weighted by molar-refractivity contribution is -0.137. The predicted molar refractivity (Wildman–Crippen MR) is 171 cm³/mol. The van der Waals surface area contributed by atoms with Crippen molar-refractivity contribution >= 4 is 5.97 Å². The number of carboxylic acid groups (broad SMARTS) is 1. The molecule has 0 saturated carbocycles. The van der Waals surface area contributed by atoms with Gasteiger partial charge in [0.2, 0.25) is 0 Å². The van der Waals surface area contributed by atoms with E-state index in [4.69, 9.17) is 5.11 Å². The quantitative estimate of drug-likeness (QED) is 0.0961. The van der Waals surface area contributed by atoms with E-state index < -0.39 is 5.97 Å². The van der Waals surface area contributed by atoms with Crippen LogP contribution in [0.15, 0.2) is 0 Å². The number of rotatable bonds is 29. The van der Waals surface area contributed by atoms with E-state index in [0.717, 1.165) is 12.8 Å². The van der Waals surface area contributed by atoms with Gasteiger partial charge in [-0.15, -0.1) is 0 Å². The molecular weight excluding hydrogens is 466 g/mol. The molecule has 0 aliphatic heterocycles. The summed E-state index contributed by atoms with van der Waals surface area (Å²) in [7, 11) is 0. The molecule has 0 rings (SSSR count). The van der Waals surface area contributed by atoms with Gasteiger partial charge in [-0.25, -0.2) is 0 Å². The van der Waals surface area contributed by atoms with Gasteiger partial charge in [0.1, 0.15) is 0 Å². The topological polar surface area (TPSA) is 40.5 Å². The molecule has 0 spiro atoms. The largest absolute Gasteiger partial charge is 0.481 e. The van der Waals surface area contributed by atoms with Crippen molar-refractivity contribution in [2.75, 3.05) is 13.1 Å². The SMILES string of the molecule is CCCCCCCCCCCCCCCCCC(=O)O.CCCCCCCCCCCCN(CC)C(C)C. The highest BCUT2D eigenvalue weighted by Gasteiger charge is 2.05. The Labute approximate surface area is 241 Å². The molecule has 0 aliphatic rings. The Kier molecular flexibility index (Phi) is 35.9. The maximum absolute atomic E-state index is 10.3. The third kappa shape index (κ3) is 35.4. The molecule has 0 aliphatic carbocycles. The summed E-state index contributed by atoms with van der Waals surface area (Å²) in [5.74, 6) is -0.653. The molecule has 1 N–H and O–H groups in total. The van der Waals surface area contributed by atoms with Gasteiger partial charge in [0.15, 0.2) is 0 Å². The molecule has 0 amide bonds. The maximum Gasteiger partial charge on any atom is 0.303 e. The highest BCUT2D eigenvalue weighted by Crippen LogP contribution is 2.14. The van der Waals surface area contributed by atoms with Crippen LogP contribution < -0.4 is 0 Å². The molecule has 38 heavy (non-hydrogen) atoms. The Balaban J connectivity index is 0. The van der Waals surface area contributed by atoms with Crippen molar-refractivity contribution in [1.29, 1.82) is 0 Å². The van der Waals surface area contributed by atoms with Crippen LogP contribution in [0.2, 0.25) is 0 Å². The first-order valence-corrected chi connectivity index (χ1v) is 17.4. The van der Waals surface area contributed by atoms with E-state index >= 15 is 0 Å². The fourth-order valence-corrected chi connectivity index (χ4v) is 5.23. The molecule has 0 fully saturated rings. The van der Waals surface area contributed by atoms with E-state index in [2.05, 4.69) is 39.5 Å². The monoisotopic (exact) mass is 540 g/mol. The molecule has 0 atom stereocenters. The van der Waals surface area contributed by atoms with Crippen LogP contribution in [0.1, 0.15) is 202 Å². The van der Waals surface area contributed by atoms with Crippen LogP contribution in [0.3, 0.4) is 0 Å². The highest BCUT2D eigenvalue weighted by molar-refractivity contribution is 5.66. The minimum absolute atomic E-state index is 0.345. The molecule has 230 valence electrons. The van der Waals surface area contributed by atoms with E-state index in [0.29, 0.717) is 12.5 Å². The van der Waals surface area contributed by atoms with Crippen molar-refractivity contribution in [2.24, 2.45) is 0 Å². The maximum atomic E-state index is 10.3. The molecule has 0 bridgehead atoms. The lowest BCUT2D eigenvalue weighted by Gasteiger charge is -2.24. The summed E-state index contributed by atoms with van der Waals surface area (Å²) >= 11 is 0. The first kappa shape index (κ1) is 39.6. The van der Waals surface area contributed by atoms with E-state index in [1.165, 1.54) is 161 Å². The standard InChI is InChI=1S/C18H36O2.C17H37N/c1-2-3-4-5-6-7-8-9-10-11-12-13-14-15-16-17-18(19)20;1-5-7-8-9-10-11-12-13-14-15-16-18(6-2)17(3)4/h2-17H2,1H3,(H,19,20);17H,5-16H2,1-4H3. The Morgan fingerprint density at radius 3 is 1.05 bits per heavy atom. The molecule has 0 aromatic rings. The normalized spacial score (nSPS) is 11.2. The van der Waals surface area contributed by atoms with Gasteiger partial charge in [0.05, 0.1) is 0 Å². The zero-order chi connectivity index (χ0) is 28.5. The van der Waals surface area contributed by atoms with Crippen LogP contribution in [0.5, 0.6) is 0 Å². The fraction of sp³-hybridized carbons (Fsp3) is 0.971. The molecule has 0 unspecified atom stereocenters. The minimum Gasteiger partial charge on any atom is -0.481 e. The fourth-order valence-electron chi connectivity index (χ4n) is 5.23. The third-order valence-corrected chi connectivity index (χ3v) is 7.93. The summed E-state index contributed by atoms with van der Waals surface area (Å²) < 4.78 is 0. The van der Waals surface area contributed by atoms with Crippen LogP contribution in [-0.4, -0.2) is 35.1 Å². The first-order valence-electron chi connectivity index (χ1n) is 17.4. The average Bonchev–Trinajstić information content (AvgIpc) is 2.89. The summed E-state index contributed by atoms with van der Waals surface area (Å²) in [5, 5.41) is 8.52. The molecular formula is C35H73NO2. The van der Waals surface area contributed by atoms with Gasteiger partial charge >= 0.3 is 5.97 Å². The van der Waals surface area contributed by atoms with Crippen LogP contribution in [0.4, 0.5) is 0 Å². The Hall–Kier alpha value is -0.570. The second-order valence-electron chi connectivity index (χ2n) is 12.0. The first-order chi connectivity index (χ1) is 18.5. The predicted octanol–water partition coefficient (Wildman–Crippen LogP) is 12.0. The van der Waals surface area contributed by atoms with Crippen molar-refractivity contribution in [1.82, 2.24) is 4.90 Å². The number of carbonyl (C=O) groups is 1. The lowest BCUT2D eigenvalue weighted by Crippen LogP contribution is -2.31. The molecule has 3 nitrogen and oxygen atoms in total. The Morgan fingerprint density at radius 1 is 0.500 bits per heavy atom. The minimum atomic E-state index is -0.653. The molecule has 0 aromatic carbocycles. The number of hydrogen-bond donors (Lipinski definition) is 1. The smallest absolute Gasteiger partial charge is 0.303 e. The van der Waals surface area contributed by atoms with Gasteiger partial charge in [-0.1, -0.05) is 168 Å². The van der Waals surface area contributed by atoms with Crippen molar-refractivity contribution in [3.05, 3.63) is 0 Å². The van der Waals surface area contributed by atoms with Gasteiger partial charge in [0.25, 0.3) is 0 Å². The zero-order valence-electron chi connectivity index (χ0n) is 27.2. The molecule has 0 aromatic heterocycles. The molecule has 0 heterocycles. The van der Waals surface area contributed by atoms with Gasteiger partial charge in [0, 0.05) is 12.5 Å². The third-order valence-electron chi connectivity index (χ3n) is 7.93. The van der Waals surface area contributed by atoms with E-state index in [1.807, 2.05) is 0 Å². The summed E-state index contributed by atoms with van der Waals surface area (Å²) in [6.07, 6.45) is 34.6. The van der Waals surface area contributed by atoms with Crippen LogP contribution in [0.25, 0.3) is 0 Å². The summed E-state index contributed by atoms with van der Waals surface area (Å²) in [6, 6.07) is 0.716. The number of nitrogens with zero attached hydrogens (tertiary/aromatic N) is 1. The van der Waals surface area contributed by atoms with E-state index in [-0.39, 0.29) is 0 Å². The molecule has 3 heteroatoms. The van der Waals surface area contributed by atoms with Gasteiger partial charge < -0.3 is 10.0 Å². The lowest BCUT2D eigenvalue weighted by atomic mass is 10.0. The Morgan fingerprint density at radius 2 is 0.789 bits per heavy atom. The van der Waals surface area contributed by atoms with Crippen molar-refractivity contribution < 1.29 is 9.90 Å². The average molecular weight is 540 g/mol. The number of unbranched alkanes of at least 4 members (excludes halogenated alkanes) is 23. The second kappa shape index (κ2) is 34.5. The van der Waals surface area contributed by atoms with E-state index in [9.17, 15) is 4.79 Å². The van der Waals surface area contributed by atoms with Gasteiger partial charge in [-0.3, -0.25) is 4.79 Å². The van der Waals surface area contributed by atoms with Crippen LogP contribution in [-0.2, 0) is 4.79 Å². The summed E-state index contributed by atoms with van der Waals surface area (Å²) in [6.45, 7) is 13.9. The number of hydrogen-bond acceptors (Lipinski definition) is 2. The summed E-state index contributed by atoms with van der Waals surface area (Å²) in [5.41, 5.74) is 0. The van der Waals surface area contributed by atoms with Crippen LogP contribution >= 0.6 is 0 Å². The summed E-state index contributed by atoms with van der Waals surface area (Å²) in [4.78, 5) is 12.9. The molecule has 0 radical (unpaired) electrons. The van der Waals surface area contributed by atoms with Gasteiger partial charge in [-0.05, 0) is 39.8 Å². The van der Waals surface area contributed by atoms with Gasteiger partial charge in [-0.2, -0.15) is 0 Å². The highest BCUT2D eigenvalue weighted by atomic mass is 16.4. The number of carboxylic acids is 1. The van der Waals surface area contributed by atoms with Crippen molar-refractivity contribution in [3.8, 4) is 0 Å². The van der Waals surface area contributed by atoms with Crippen molar-refractivity contribution in [2.45, 2.75) is 208 Å². The molecule has 0 saturated heterocycles. The van der Waals surface area contributed by atoms with E-state index in [1.54, 1.807) is 0 Å². The second-order valence-corrected chi connectivity index (χ2v) is 12.0. The Bertz CT molecular complexity index is 438. The number of aliphatic carboxylic acids is 1. The van der Waals surface area contributed by atoms with Crippen molar-refractivity contribution in [3.63, 3.8) is 0 Å².